The molecule has 2 amide bonds. The molecule has 1 N–H and O–H groups in total. The summed E-state index contributed by atoms with van der Waals surface area (Å²) in [4.78, 5) is 28.7. The molecule has 3 aromatic rings. The van der Waals surface area contributed by atoms with E-state index in [1.807, 2.05) is 42.5 Å². The van der Waals surface area contributed by atoms with Crippen LogP contribution in [0.15, 0.2) is 76.5 Å². The number of carbonyl (C=O) groups excluding carboxylic acids is 2. The SMILES string of the molecule is O=C(CN1C(=O)COc2ccccc21)Nc1cc2c(cc1Sc1ccccc1)OCCO2. The first-order chi connectivity index (χ1) is 15.7. The second-order valence-corrected chi connectivity index (χ2v) is 8.31. The minimum atomic E-state index is -0.318. The zero-order valence-corrected chi connectivity index (χ0v) is 17.9. The second kappa shape index (κ2) is 8.84. The average molecular weight is 449 g/mol. The smallest absolute Gasteiger partial charge is 0.265 e. The van der Waals surface area contributed by atoms with Gasteiger partial charge in [0.25, 0.3) is 5.91 Å². The van der Waals surface area contributed by atoms with Gasteiger partial charge in [-0.15, -0.1) is 0 Å². The van der Waals surface area contributed by atoms with E-state index in [1.54, 1.807) is 24.3 Å². The monoisotopic (exact) mass is 448 g/mol. The van der Waals surface area contributed by atoms with Crippen molar-refractivity contribution >= 4 is 35.0 Å². The normalized spacial score (nSPS) is 14.4. The topological polar surface area (TPSA) is 77.1 Å². The van der Waals surface area contributed by atoms with Gasteiger partial charge in [-0.3, -0.25) is 14.5 Å². The van der Waals surface area contributed by atoms with Crippen LogP contribution in [0.1, 0.15) is 0 Å². The van der Waals surface area contributed by atoms with Crippen LogP contribution in [0.5, 0.6) is 17.2 Å². The molecule has 0 unspecified atom stereocenters. The lowest BCUT2D eigenvalue weighted by Crippen LogP contribution is -2.43. The van der Waals surface area contributed by atoms with Crippen LogP contribution in [0.2, 0.25) is 0 Å². The number of rotatable bonds is 5. The molecule has 2 aliphatic rings. The van der Waals surface area contributed by atoms with E-state index < -0.39 is 0 Å². The van der Waals surface area contributed by atoms with Crippen LogP contribution in [0.4, 0.5) is 11.4 Å². The summed E-state index contributed by atoms with van der Waals surface area (Å²) in [5.41, 5.74) is 1.18. The van der Waals surface area contributed by atoms with Gasteiger partial charge in [0.15, 0.2) is 18.1 Å². The second-order valence-electron chi connectivity index (χ2n) is 7.19. The number of fused-ring (bicyclic) bond motifs is 2. The predicted molar refractivity (Wildman–Crippen MR) is 121 cm³/mol. The molecule has 5 rings (SSSR count). The third kappa shape index (κ3) is 4.22. The number of para-hydroxylation sites is 2. The van der Waals surface area contributed by atoms with E-state index in [9.17, 15) is 9.59 Å². The minimum absolute atomic E-state index is 0.0938. The highest BCUT2D eigenvalue weighted by molar-refractivity contribution is 7.99. The van der Waals surface area contributed by atoms with Gasteiger partial charge < -0.3 is 19.5 Å². The quantitative estimate of drug-likeness (QED) is 0.637. The van der Waals surface area contributed by atoms with Crippen molar-refractivity contribution in [1.29, 1.82) is 0 Å². The standard InChI is InChI=1S/C24H20N2O5S/c27-23(14-26-18-8-4-5-9-19(18)31-15-24(26)28)25-17-12-20-21(30-11-10-29-20)13-22(17)32-16-6-2-1-3-7-16/h1-9,12-13H,10-11,14-15H2,(H,25,27). The Labute approximate surface area is 189 Å². The number of hydrogen-bond acceptors (Lipinski definition) is 6. The van der Waals surface area contributed by atoms with Crippen molar-refractivity contribution in [3.8, 4) is 17.2 Å². The number of nitrogens with one attached hydrogen (secondary N) is 1. The summed E-state index contributed by atoms with van der Waals surface area (Å²) in [6.45, 7) is 0.712. The van der Waals surface area contributed by atoms with E-state index in [2.05, 4.69) is 5.32 Å². The van der Waals surface area contributed by atoms with Crippen molar-refractivity contribution in [1.82, 2.24) is 0 Å². The molecule has 32 heavy (non-hydrogen) atoms. The van der Waals surface area contributed by atoms with Gasteiger partial charge in [0.1, 0.15) is 25.5 Å². The fourth-order valence-electron chi connectivity index (χ4n) is 3.53. The molecular formula is C24H20N2O5S. The minimum Gasteiger partial charge on any atom is -0.486 e. The Morgan fingerprint density at radius 2 is 1.62 bits per heavy atom. The number of hydrogen-bond donors (Lipinski definition) is 1. The summed E-state index contributed by atoms with van der Waals surface area (Å²) in [5.74, 6) is 1.22. The molecule has 0 saturated carbocycles. The van der Waals surface area contributed by atoms with E-state index in [1.165, 1.54) is 16.7 Å². The van der Waals surface area contributed by atoms with Crippen LogP contribution in [0, 0.1) is 0 Å². The molecule has 2 aliphatic heterocycles. The van der Waals surface area contributed by atoms with Crippen LogP contribution >= 0.6 is 11.8 Å². The van der Waals surface area contributed by atoms with Crippen LogP contribution in [0.3, 0.4) is 0 Å². The molecule has 0 saturated heterocycles. The molecule has 0 atom stereocenters. The van der Waals surface area contributed by atoms with Gasteiger partial charge in [-0.1, -0.05) is 42.1 Å². The van der Waals surface area contributed by atoms with Crippen molar-refractivity contribution in [2.24, 2.45) is 0 Å². The van der Waals surface area contributed by atoms with E-state index in [-0.39, 0.29) is 25.0 Å². The Morgan fingerprint density at radius 3 is 2.44 bits per heavy atom. The van der Waals surface area contributed by atoms with Gasteiger partial charge in [0.05, 0.1) is 11.4 Å². The first-order valence-corrected chi connectivity index (χ1v) is 11.0. The first kappa shape index (κ1) is 20.3. The van der Waals surface area contributed by atoms with Crippen LogP contribution in [0.25, 0.3) is 0 Å². The zero-order valence-electron chi connectivity index (χ0n) is 17.1. The van der Waals surface area contributed by atoms with Crippen molar-refractivity contribution in [2.75, 3.05) is 36.6 Å². The molecular weight excluding hydrogens is 428 g/mol. The molecule has 0 aromatic heterocycles. The lowest BCUT2D eigenvalue weighted by molar-refractivity contribution is -0.123. The van der Waals surface area contributed by atoms with Crippen molar-refractivity contribution in [3.05, 3.63) is 66.7 Å². The molecule has 162 valence electrons. The molecule has 7 nitrogen and oxygen atoms in total. The first-order valence-electron chi connectivity index (χ1n) is 10.2. The number of anilines is 2. The Bertz CT molecular complexity index is 1170. The van der Waals surface area contributed by atoms with E-state index in [0.29, 0.717) is 41.8 Å². The van der Waals surface area contributed by atoms with Crippen molar-refractivity contribution in [3.63, 3.8) is 0 Å². The Kier molecular flexibility index (Phi) is 5.60. The molecule has 2 heterocycles. The summed E-state index contributed by atoms with van der Waals surface area (Å²) in [7, 11) is 0. The maximum absolute atomic E-state index is 13.0. The molecule has 0 radical (unpaired) electrons. The third-order valence-electron chi connectivity index (χ3n) is 5.00. The van der Waals surface area contributed by atoms with Gasteiger partial charge in [-0.2, -0.15) is 0 Å². The molecule has 0 spiro atoms. The summed E-state index contributed by atoms with van der Waals surface area (Å²) in [5, 5.41) is 2.95. The van der Waals surface area contributed by atoms with E-state index in [4.69, 9.17) is 14.2 Å². The third-order valence-corrected chi connectivity index (χ3v) is 6.07. The summed E-state index contributed by atoms with van der Waals surface area (Å²) in [6.07, 6.45) is 0. The Morgan fingerprint density at radius 1 is 0.906 bits per heavy atom. The van der Waals surface area contributed by atoms with Gasteiger partial charge in [-0.25, -0.2) is 0 Å². The van der Waals surface area contributed by atoms with Crippen molar-refractivity contribution in [2.45, 2.75) is 9.79 Å². The lowest BCUT2D eigenvalue weighted by atomic mass is 10.2. The van der Waals surface area contributed by atoms with Gasteiger partial charge in [0, 0.05) is 21.9 Å². The van der Waals surface area contributed by atoms with E-state index in [0.717, 1.165) is 9.79 Å². The zero-order chi connectivity index (χ0) is 21.9. The number of benzene rings is 3. The van der Waals surface area contributed by atoms with E-state index >= 15 is 0 Å². The van der Waals surface area contributed by atoms with Crippen LogP contribution < -0.4 is 24.4 Å². The maximum Gasteiger partial charge on any atom is 0.265 e. The van der Waals surface area contributed by atoms with Crippen molar-refractivity contribution < 1.29 is 23.8 Å². The van der Waals surface area contributed by atoms with Crippen LogP contribution in [-0.2, 0) is 9.59 Å². The maximum atomic E-state index is 13.0. The average Bonchev–Trinajstić information content (AvgIpc) is 2.82. The number of nitrogens with zero attached hydrogens (tertiary/aromatic N) is 1. The highest BCUT2D eigenvalue weighted by atomic mass is 32.2. The molecule has 0 aliphatic carbocycles. The summed E-state index contributed by atoms with van der Waals surface area (Å²) >= 11 is 1.51. The Balaban J connectivity index is 1.40. The molecule has 3 aromatic carbocycles. The highest BCUT2D eigenvalue weighted by Crippen LogP contribution is 2.42. The van der Waals surface area contributed by atoms with Gasteiger partial charge >= 0.3 is 0 Å². The predicted octanol–water partition coefficient (Wildman–Crippen LogP) is 3.97. The Hall–Kier alpha value is -3.65. The fourth-order valence-corrected chi connectivity index (χ4v) is 4.46. The summed E-state index contributed by atoms with van der Waals surface area (Å²) < 4.78 is 16.9. The largest absolute Gasteiger partial charge is 0.486 e. The van der Waals surface area contributed by atoms with Gasteiger partial charge in [0.2, 0.25) is 5.91 Å². The summed E-state index contributed by atoms with van der Waals surface area (Å²) in [6, 6.07) is 20.7. The number of carbonyl (C=O) groups is 2. The van der Waals surface area contributed by atoms with Crippen LogP contribution in [-0.4, -0.2) is 38.2 Å². The fraction of sp³-hybridized carbons (Fsp3) is 0.167. The molecule has 0 bridgehead atoms. The molecule has 8 heteroatoms. The van der Waals surface area contributed by atoms with Gasteiger partial charge in [-0.05, 0) is 24.3 Å². The lowest BCUT2D eigenvalue weighted by Gasteiger charge is -2.29. The molecule has 0 fully saturated rings. The number of amides is 2. The highest BCUT2D eigenvalue weighted by Gasteiger charge is 2.27. The number of ether oxygens (including phenoxy) is 3.